The Kier molecular flexibility index (Phi) is 2.59. The summed E-state index contributed by atoms with van der Waals surface area (Å²) in [5, 5.41) is 10.5. The Hall–Kier alpha value is -1.56. The van der Waals surface area contributed by atoms with E-state index in [1.54, 1.807) is 16.0 Å². The molecule has 0 aromatic carbocycles. The number of carbonyl (C=O) groups is 1. The molecular formula is C9H10N4OS. The van der Waals surface area contributed by atoms with Crippen molar-refractivity contribution in [3.05, 3.63) is 28.0 Å². The number of nitrogens with zero attached hydrogens (tertiary/aromatic N) is 4. The molecule has 0 bridgehead atoms. The summed E-state index contributed by atoms with van der Waals surface area (Å²) >= 11 is 1.58. The second-order valence-electron chi connectivity index (χ2n) is 3.19. The van der Waals surface area contributed by atoms with Gasteiger partial charge in [-0.25, -0.2) is 9.67 Å². The zero-order chi connectivity index (χ0) is 10.8. The standard InChI is InChI=1S/C9H10N4OS/c1-6(14)9-3-10-12-13(9)4-8-5-15-7(2)11-8/h3,5H,4H2,1-2H3. The number of hydrogen-bond acceptors (Lipinski definition) is 5. The van der Waals surface area contributed by atoms with Crippen LogP contribution in [0.4, 0.5) is 0 Å². The van der Waals surface area contributed by atoms with E-state index in [4.69, 9.17) is 0 Å². The predicted octanol–water partition coefficient (Wildman–Crippen LogP) is 1.29. The molecule has 2 aromatic rings. The summed E-state index contributed by atoms with van der Waals surface area (Å²) in [5.41, 5.74) is 1.42. The Bertz CT molecular complexity index is 488. The van der Waals surface area contributed by atoms with E-state index in [1.807, 2.05) is 12.3 Å². The normalized spacial score (nSPS) is 10.5. The van der Waals surface area contributed by atoms with Gasteiger partial charge in [-0.1, -0.05) is 5.21 Å². The van der Waals surface area contributed by atoms with Gasteiger partial charge in [-0.15, -0.1) is 16.4 Å². The van der Waals surface area contributed by atoms with Crippen LogP contribution in [-0.2, 0) is 6.54 Å². The lowest BCUT2D eigenvalue weighted by Crippen LogP contribution is -2.09. The van der Waals surface area contributed by atoms with Crippen LogP contribution in [0.3, 0.4) is 0 Å². The first kappa shape index (κ1) is 9.97. The van der Waals surface area contributed by atoms with Crippen LogP contribution < -0.4 is 0 Å². The van der Waals surface area contributed by atoms with Crippen LogP contribution in [0.1, 0.15) is 28.1 Å². The molecule has 0 saturated carbocycles. The average Bonchev–Trinajstić information content (AvgIpc) is 2.75. The molecule has 2 aromatic heterocycles. The van der Waals surface area contributed by atoms with E-state index >= 15 is 0 Å². The van der Waals surface area contributed by atoms with Gasteiger partial charge in [-0.2, -0.15) is 0 Å². The van der Waals surface area contributed by atoms with Gasteiger partial charge in [0, 0.05) is 12.3 Å². The summed E-state index contributed by atoms with van der Waals surface area (Å²) in [5.74, 6) is -0.0352. The minimum Gasteiger partial charge on any atom is -0.293 e. The second-order valence-corrected chi connectivity index (χ2v) is 4.25. The summed E-state index contributed by atoms with van der Waals surface area (Å²) in [6.45, 7) is 3.95. The van der Waals surface area contributed by atoms with Crippen LogP contribution in [0.5, 0.6) is 0 Å². The first-order valence-electron chi connectivity index (χ1n) is 4.47. The number of aryl methyl sites for hydroxylation is 1. The molecule has 0 atom stereocenters. The van der Waals surface area contributed by atoms with E-state index in [1.165, 1.54) is 13.1 Å². The third kappa shape index (κ3) is 2.10. The number of Topliss-reactive ketones (excluding diaryl/α,β-unsaturated/α-hetero) is 1. The van der Waals surface area contributed by atoms with E-state index in [0.29, 0.717) is 12.2 Å². The monoisotopic (exact) mass is 222 g/mol. The quantitative estimate of drug-likeness (QED) is 0.734. The molecule has 0 radical (unpaired) electrons. The van der Waals surface area contributed by atoms with Gasteiger partial charge in [-0.05, 0) is 6.92 Å². The Morgan fingerprint density at radius 2 is 2.40 bits per heavy atom. The van der Waals surface area contributed by atoms with Crippen molar-refractivity contribution in [3.63, 3.8) is 0 Å². The Labute approximate surface area is 90.8 Å². The maximum atomic E-state index is 11.2. The fourth-order valence-electron chi connectivity index (χ4n) is 1.28. The van der Waals surface area contributed by atoms with E-state index in [0.717, 1.165) is 10.7 Å². The lowest BCUT2D eigenvalue weighted by atomic mass is 10.3. The second kappa shape index (κ2) is 3.90. The van der Waals surface area contributed by atoms with Crippen LogP contribution >= 0.6 is 11.3 Å². The Morgan fingerprint density at radius 1 is 1.60 bits per heavy atom. The first-order chi connectivity index (χ1) is 7.16. The molecular weight excluding hydrogens is 212 g/mol. The largest absolute Gasteiger partial charge is 0.293 e. The zero-order valence-corrected chi connectivity index (χ0v) is 9.28. The van der Waals surface area contributed by atoms with Gasteiger partial charge < -0.3 is 0 Å². The van der Waals surface area contributed by atoms with Crippen molar-refractivity contribution in [2.45, 2.75) is 20.4 Å². The van der Waals surface area contributed by atoms with E-state index in [-0.39, 0.29) is 5.78 Å². The SMILES string of the molecule is CC(=O)c1cnnn1Cc1csc(C)n1. The lowest BCUT2D eigenvalue weighted by Gasteiger charge is -2.00. The summed E-state index contributed by atoms with van der Waals surface area (Å²) < 4.78 is 1.57. The number of rotatable bonds is 3. The highest BCUT2D eigenvalue weighted by molar-refractivity contribution is 7.09. The van der Waals surface area contributed by atoms with Crippen LogP contribution in [0.15, 0.2) is 11.6 Å². The van der Waals surface area contributed by atoms with Crippen molar-refractivity contribution in [3.8, 4) is 0 Å². The molecule has 0 aliphatic rings. The Balaban J connectivity index is 2.24. The van der Waals surface area contributed by atoms with Gasteiger partial charge in [-0.3, -0.25) is 4.79 Å². The highest BCUT2D eigenvalue weighted by Crippen LogP contribution is 2.10. The average molecular weight is 222 g/mol. The fourth-order valence-corrected chi connectivity index (χ4v) is 1.89. The smallest absolute Gasteiger partial charge is 0.179 e. The highest BCUT2D eigenvalue weighted by Gasteiger charge is 2.09. The predicted molar refractivity (Wildman–Crippen MR) is 56.0 cm³/mol. The number of hydrogen-bond donors (Lipinski definition) is 0. The highest BCUT2D eigenvalue weighted by atomic mass is 32.1. The molecule has 0 saturated heterocycles. The van der Waals surface area contributed by atoms with Gasteiger partial charge in [0.05, 0.1) is 23.4 Å². The lowest BCUT2D eigenvalue weighted by molar-refractivity contribution is 0.100. The molecule has 0 amide bonds. The van der Waals surface area contributed by atoms with Gasteiger partial charge in [0.1, 0.15) is 5.69 Å². The van der Waals surface area contributed by atoms with E-state index < -0.39 is 0 Å². The molecule has 0 N–H and O–H groups in total. The summed E-state index contributed by atoms with van der Waals surface area (Å²) in [6.07, 6.45) is 1.47. The molecule has 0 spiro atoms. The maximum Gasteiger partial charge on any atom is 0.179 e. The molecule has 0 aliphatic carbocycles. The number of ketones is 1. The first-order valence-corrected chi connectivity index (χ1v) is 5.35. The fraction of sp³-hybridized carbons (Fsp3) is 0.333. The molecule has 78 valence electrons. The molecule has 0 fully saturated rings. The van der Waals surface area contributed by atoms with Crippen molar-refractivity contribution >= 4 is 17.1 Å². The van der Waals surface area contributed by atoms with Crippen molar-refractivity contribution < 1.29 is 4.79 Å². The number of carbonyl (C=O) groups excluding carboxylic acids is 1. The van der Waals surface area contributed by atoms with Crippen molar-refractivity contribution in [1.29, 1.82) is 0 Å². The van der Waals surface area contributed by atoms with Gasteiger partial charge in [0.25, 0.3) is 0 Å². The zero-order valence-electron chi connectivity index (χ0n) is 8.47. The molecule has 2 rings (SSSR count). The van der Waals surface area contributed by atoms with E-state index in [9.17, 15) is 4.79 Å². The van der Waals surface area contributed by atoms with Gasteiger partial charge >= 0.3 is 0 Å². The molecule has 2 heterocycles. The summed E-state index contributed by atoms with van der Waals surface area (Å²) in [6, 6.07) is 0. The van der Waals surface area contributed by atoms with Crippen molar-refractivity contribution in [2.24, 2.45) is 0 Å². The third-order valence-corrected chi connectivity index (χ3v) is 2.78. The van der Waals surface area contributed by atoms with E-state index in [2.05, 4.69) is 15.3 Å². The van der Waals surface area contributed by atoms with Crippen LogP contribution in [0.2, 0.25) is 0 Å². The molecule has 5 nitrogen and oxygen atoms in total. The minimum absolute atomic E-state index is 0.0352. The molecule has 0 aliphatic heterocycles. The van der Waals surface area contributed by atoms with Crippen molar-refractivity contribution in [2.75, 3.05) is 0 Å². The summed E-state index contributed by atoms with van der Waals surface area (Å²) in [4.78, 5) is 15.5. The van der Waals surface area contributed by atoms with Gasteiger partial charge in [0.2, 0.25) is 0 Å². The maximum absolute atomic E-state index is 11.2. The topological polar surface area (TPSA) is 60.7 Å². The molecule has 15 heavy (non-hydrogen) atoms. The third-order valence-electron chi connectivity index (χ3n) is 1.96. The van der Waals surface area contributed by atoms with Crippen molar-refractivity contribution in [1.82, 2.24) is 20.0 Å². The number of aromatic nitrogens is 4. The van der Waals surface area contributed by atoms with Crippen LogP contribution in [0, 0.1) is 6.92 Å². The van der Waals surface area contributed by atoms with Crippen LogP contribution in [0.25, 0.3) is 0 Å². The Morgan fingerprint density at radius 3 is 3.00 bits per heavy atom. The minimum atomic E-state index is -0.0352. The summed E-state index contributed by atoms with van der Waals surface area (Å²) in [7, 11) is 0. The molecule has 6 heteroatoms. The van der Waals surface area contributed by atoms with Gasteiger partial charge in [0.15, 0.2) is 5.78 Å². The molecule has 0 unspecified atom stereocenters. The van der Waals surface area contributed by atoms with Crippen LogP contribution in [-0.4, -0.2) is 25.8 Å². The number of thiazole rings is 1.